The molecule has 0 aliphatic carbocycles. The lowest BCUT2D eigenvalue weighted by atomic mass is 9.99. The van der Waals surface area contributed by atoms with Gasteiger partial charge in [-0.15, -0.1) is 0 Å². The lowest BCUT2D eigenvalue weighted by Crippen LogP contribution is -2.40. The van der Waals surface area contributed by atoms with Gasteiger partial charge in [0.15, 0.2) is 0 Å². The third-order valence-electron chi connectivity index (χ3n) is 3.66. The molecule has 1 amide bonds. The van der Waals surface area contributed by atoms with Crippen LogP contribution in [0.15, 0.2) is 24.8 Å². The van der Waals surface area contributed by atoms with Crippen molar-refractivity contribution < 1.29 is 9.18 Å². The first kappa shape index (κ1) is 13.8. The maximum atomic E-state index is 13.7. The summed E-state index contributed by atoms with van der Waals surface area (Å²) in [5.41, 5.74) is 1.30. The fourth-order valence-corrected chi connectivity index (χ4v) is 2.55. The molecule has 1 heterocycles. The highest BCUT2D eigenvalue weighted by Gasteiger charge is 2.21. The fourth-order valence-electron chi connectivity index (χ4n) is 2.55. The Morgan fingerprint density at radius 2 is 2.37 bits per heavy atom. The molecule has 19 heavy (non-hydrogen) atoms. The minimum absolute atomic E-state index is 0.0201. The Morgan fingerprint density at radius 1 is 1.58 bits per heavy atom. The summed E-state index contributed by atoms with van der Waals surface area (Å²) in [5.74, 6) is 0.248. The molecular formula is C16H20FNO. The zero-order chi connectivity index (χ0) is 13.8. The number of halogens is 1. The molecule has 0 spiro atoms. The molecule has 0 bridgehead atoms. The van der Waals surface area contributed by atoms with E-state index in [2.05, 4.69) is 13.5 Å². The highest BCUT2D eigenvalue weighted by Crippen LogP contribution is 2.18. The number of carbonyl (C=O) groups excluding carboxylic acids is 1. The molecule has 2 rings (SSSR count). The fraction of sp³-hybridized carbons (Fsp3) is 0.438. The van der Waals surface area contributed by atoms with Gasteiger partial charge in [0.2, 0.25) is 5.91 Å². The minimum Gasteiger partial charge on any atom is -0.342 e. The van der Waals surface area contributed by atoms with Crippen LogP contribution in [-0.2, 0) is 11.2 Å². The Kier molecular flexibility index (Phi) is 4.35. The van der Waals surface area contributed by atoms with Crippen LogP contribution < -0.4 is 0 Å². The first-order valence-corrected chi connectivity index (χ1v) is 6.79. The molecule has 1 aliphatic heterocycles. The van der Waals surface area contributed by atoms with Crippen molar-refractivity contribution in [3.63, 3.8) is 0 Å². The number of nitrogens with zero attached hydrogens (tertiary/aromatic N) is 1. The lowest BCUT2D eigenvalue weighted by molar-refractivity contribution is -0.132. The monoisotopic (exact) mass is 261 g/mol. The van der Waals surface area contributed by atoms with Gasteiger partial charge >= 0.3 is 0 Å². The molecule has 0 saturated carbocycles. The summed E-state index contributed by atoms with van der Waals surface area (Å²) < 4.78 is 13.7. The van der Waals surface area contributed by atoms with Crippen molar-refractivity contribution >= 4 is 12.0 Å². The quantitative estimate of drug-likeness (QED) is 0.817. The van der Waals surface area contributed by atoms with Gasteiger partial charge < -0.3 is 4.90 Å². The van der Waals surface area contributed by atoms with Crippen LogP contribution in [0.25, 0.3) is 6.08 Å². The molecule has 1 saturated heterocycles. The van der Waals surface area contributed by atoms with Gasteiger partial charge in [-0.25, -0.2) is 4.39 Å². The lowest BCUT2D eigenvalue weighted by Gasteiger charge is -2.31. The number of piperidine rings is 1. The topological polar surface area (TPSA) is 20.3 Å². The molecule has 0 aromatic heterocycles. The van der Waals surface area contributed by atoms with Crippen LogP contribution in [0.5, 0.6) is 0 Å². The molecule has 2 nitrogen and oxygen atoms in total. The van der Waals surface area contributed by atoms with E-state index >= 15 is 0 Å². The smallest absolute Gasteiger partial charge is 0.227 e. The van der Waals surface area contributed by atoms with Gasteiger partial charge in [0, 0.05) is 13.1 Å². The zero-order valence-electron chi connectivity index (χ0n) is 11.4. The molecule has 3 heteroatoms. The van der Waals surface area contributed by atoms with Crippen LogP contribution in [0.4, 0.5) is 4.39 Å². The Bertz CT molecular complexity index is 484. The number of hydrogen-bond donors (Lipinski definition) is 0. The van der Waals surface area contributed by atoms with E-state index in [-0.39, 0.29) is 18.1 Å². The molecule has 1 aromatic rings. The average molecular weight is 261 g/mol. The van der Waals surface area contributed by atoms with Crippen molar-refractivity contribution in [2.75, 3.05) is 13.1 Å². The summed E-state index contributed by atoms with van der Waals surface area (Å²) in [6.45, 7) is 7.40. The Hall–Kier alpha value is -1.64. The Labute approximate surface area is 113 Å². The first-order chi connectivity index (χ1) is 9.10. The van der Waals surface area contributed by atoms with Crippen molar-refractivity contribution in [3.05, 3.63) is 41.7 Å². The maximum absolute atomic E-state index is 13.7. The second kappa shape index (κ2) is 6.00. The van der Waals surface area contributed by atoms with Crippen molar-refractivity contribution in [1.29, 1.82) is 0 Å². The highest BCUT2D eigenvalue weighted by molar-refractivity contribution is 5.79. The van der Waals surface area contributed by atoms with E-state index in [4.69, 9.17) is 0 Å². The molecule has 102 valence electrons. The molecule has 1 atom stereocenters. The van der Waals surface area contributed by atoms with Crippen LogP contribution in [-0.4, -0.2) is 23.9 Å². The summed E-state index contributed by atoms with van der Waals surface area (Å²) >= 11 is 0. The number of benzene rings is 1. The largest absolute Gasteiger partial charge is 0.342 e. The van der Waals surface area contributed by atoms with E-state index in [9.17, 15) is 9.18 Å². The summed E-state index contributed by atoms with van der Waals surface area (Å²) in [6.07, 6.45) is 4.02. The van der Waals surface area contributed by atoms with Crippen LogP contribution >= 0.6 is 0 Å². The van der Waals surface area contributed by atoms with Crippen LogP contribution in [0.2, 0.25) is 0 Å². The molecule has 1 fully saturated rings. The minimum atomic E-state index is -0.316. The highest BCUT2D eigenvalue weighted by atomic mass is 19.1. The van der Waals surface area contributed by atoms with E-state index in [1.54, 1.807) is 18.2 Å². The number of hydrogen-bond acceptors (Lipinski definition) is 1. The predicted octanol–water partition coefficient (Wildman–Crippen LogP) is 3.27. The maximum Gasteiger partial charge on any atom is 0.227 e. The Morgan fingerprint density at radius 3 is 3.05 bits per heavy atom. The van der Waals surface area contributed by atoms with E-state index in [0.29, 0.717) is 11.5 Å². The second-order valence-electron chi connectivity index (χ2n) is 5.32. The van der Waals surface area contributed by atoms with Gasteiger partial charge in [-0.05, 0) is 42.0 Å². The number of carbonyl (C=O) groups is 1. The van der Waals surface area contributed by atoms with E-state index in [1.807, 2.05) is 4.90 Å². The van der Waals surface area contributed by atoms with Gasteiger partial charge in [-0.2, -0.15) is 0 Å². The summed E-state index contributed by atoms with van der Waals surface area (Å²) in [5, 5.41) is 0. The van der Waals surface area contributed by atoms with Crippen molar-refractivity contribution in [3.8, 4) is 0 Å². The van der Waals surface area contributed by atoms with E-state index < -0.39 is 0 Å². The predicted molar refractivity (Wildman–Crippen MR) is 75.2 cm³/mol. The molecule has 1 aliphatic rings. The molecular weight excluding hydrogens is 241 g/mol. The van der Waals surface area contributed by atoms with Crippen molar-refractivity contribution in [2.24, 2.45) is 5.92 Å². The summed E-state index contributed by atoms with van der Waals surface area (Å²) in [4.78, 5) is 14.1. The number of amides is 1. The van der Waals surface area contributed by atoms with E-state index in [0.717, 1.165) is 25.1 Å². The normalized spacial score (nSPS) is 19.3. The molecule has 1 aromatic carbocycles. The van der Waals surface area contributed by atoms with E-state index in [1.165, 1.54) is 12.5 Å². The van der Waals surface area contributed by atoms with Crippen molar-refractivity contribution in [2.45, 2.75) is 26.2 Å². The number of likely N-dealkylation sites (tertiary alicyclic amines) is 1. The molecule has 0 radical (unpaired) electrons. The van der Waals surface area contributed by atoms with Gasteiger partial charge in [0.25, 0.3) is 0 Å². The zero-order valence-corrected chi connectivity index (χ0v) is 11.4. The van der Waals surface area contributed by atoms with Gasteiger partial charge in [0.05, 0.1) is 6.42 Å². The van der Waals surface area contributed by atoms with Gasteiger partial charge in [0.1, 0.15) is 5.82 Å². The standard InChI is InChI=1S/C16H20FNO/c1-3-13-6-7-15(17)14(9-13)10-16(19)18-8-4-5-12(2)11-18/h3,6-7,9,12H,1,4-5,8,10-11H2,2H3. The second-order valence-corrected chi connectivity index (χ2v) is 5.32. The first-order valence-electron chi connectivity index (χ1n) is 6.79. The summed E-state index contributed by atoms with van der Waals surface area (Å²) in [6, 6.07) is 4.77. The van der Waals surface area contributed by atoms with Crippen molar-refractivity contribution in [1.82, 2.24) is 4.90 Å². The van der Waals surface area contributed by atoms with Crippen LogP contribution in [0.3, 0.4) is 0 Å². The molecule has 0 N–H and O–H groups in total. The third kappa shape index (κ3) is 3.43. The van der Waals surface area contributed by atoms with Gasteiger partial charge in [-0.1, -0.05) is 25.6 Å². The third-order valence-corrected chi connectivity index (χ3v) is 3.66. The average Bonchev–Trinajstić information content (AvgIpc) is 2.41. The Balaban J connectivity index is 2.07. The van der Waals surface area contributed by atoms with Gasteiger partial charge in [-0.3, -0.25) is 4.79 Å². The molecule has 1 unspecified atom stereocenters. The van der Waals surface area contributed by atoms with Crippen LogP contribution in [0.1, 0.15) is 30.9 Å². The SMILES string of the molecule is C=Cc1ccc(F)c(CC(=O)N2CCCC(C)C2)c1. The van der Waals surface area contributed by atoms with Crippen LogP contribution in [0, 0.1) is 11.7 Å². The number of rotatable bonds is 3. The summed E-state index contributed by atoms with van der Waals surface area (Å²) in [7, 11) is 0.